The molecule has 0 aliphatic carbocycles. The van der Waals surface area contributed by atoms with Crippen LogP contribution in [0.2, 0.25) is 5.02 Å². The van der Waals surface area contributed by atoms with Gasteiger partial charge in [-0.2, -0.15) is 0 Å². The van der Waals surface area contributed by atoms with Crippen molar-refractivity contribution in [2.24, 2.45) is 0 Å². The first-order valence-electron chi connectivity index (χ1n) is 5.79. The number of hydrogen-bond acceptors (Lipinski definition) is 2. The van der Waals surface area contributed by atoms with Gasteiger partial charge in [-0.3, -0.25) is 9.36 Å². The van der Waals surface area contributed by atoms with Gasteiger partial charge in [-0.05, 0) is 39.0 Å². The maximum absolute atomic E-state index is 11.4. The maximum Gasteiger partial charge on any atom is 0.227 e. The lowest BCUT2D eigenvalue weighted by atomic mass is 10.2. The minimum absolute atomic E-state index is 0.0365. The Hall–Kier alpha value is -1.48. The molecular formula is C14H16ClNO2. The molecule has 2 rings (SSSR count). The lowest BCUT2D eigenvalue weighted by Crippen LogP contribution is -2.23. The quantitative estimate of drug-likeness (QED) is 0.776. The monoisotopic (exact) mass is 265 g/mol. The molecule has 1 aromatic carbocycles. The second kappa shape index (κ2) is 4.32. The topological polar surface area (TPSA) is 31.2 Å². The molecular weight excluding hydrogens is 250 g/mol. The van der Waals surface area contributed by atoms with Crippen molar-refractivity contribution in [1.82, 2.24) is 4.57 Å². The second-order valence-corrected chi connectivity index (χ2v) is 5.61. The first kappa shape index (κ1) is 13.0. The largest absolute Gasteiger partial charge is 0.487 e. The number of ether oxygens (including phenoxy) is 1. The van der Waals surface area contributed by atoms with Crippen molar-refractivity contribution in [3.63, 3.8) is 0 Å². The van der Waals surface area contributed by atoms with Crippen molar-refractivity contribution < 1.29 is 9.53 Å². The summed E-state index contributed by atoms with van der Waals surface area (Å²) in [5, 5.41) is 1.37. The Balaban J connectivity index is 2.56. The molecule has 0 aliphatic rings. The summed E-state index contributed by atoms with van der Waals surface area (Å²) in [4.78, 5) is 11.4. The highest BCUT2D eigenvalue weighted by molar-refractivity contribution is 6.37. The van der Waals surface area contributed by atoms with Gasteiger partial charge in [0.15, 0.2) is 0 Å². The predicted octanol–water partition coefficient (Wildman–Crippen LogP) is 4.13. The fourth-order valence-corrected chi connectivity index (χ4v) is 2.11. The fraction of sp³-hybridized carbons (Fsp3) is 0.357. The van der Waals surface area contributed by atoms with Crippen LogP contribution in [0.1, 0.15) is 32.5 Å². The van der Waals surface area contributed by atoms with Crippen molar-refractivity contribution >= 4 is 28.4 Å². The normalized spacial score (nSPS) is 11.8. The molecule has 1 aromatic heterocycles. The third-order valence-electron chi connectivity index (χ3n) is 2.53. The van der Waals surface area contributed by atoms with E-state index in [0.29, 0.717) is 10.8 Å². The summed E-state index contributed by atoms with van der Waals surface area (Å²) >= 11 is 6.32. The van der Waals surface area contributed by atoms with Gasteiger partial charge in [0.25, 0.3) is 0 Å². The van der Waals surface area contributed by atoms with E-state index in [2.05, 4.69) is 0 Å². The van der Waals surface area contributed by atoms with Crippen molar-refractivity contribution in [1.29, 1.82) is 0 Å². The number of nitrogens with zero attached hydrogens (tertiary/aromatic N) is 1. The Morgan fingerprint density at radius 3 is 2.50 bits per heavy atom. The number of benzene rings is 1. The molecule has 0 spiro atoms. The average Bonchev–Trinajstić information content (AvgIpc) is 2.64. The van der Waals surface area contributed by atoms with E-state index in [-0.39, 0.29) is 11.5 Å². The zero-order valence-corrected chi connectivity index (χ0v) is 11.7. The van der Waals surface area contributed by atoms with Crippen LogP contribution in [0, 0.1) is 0 Å². The van der Waals surface area contributed by atoms with Crippen LogP contribution in [0.25, 0.3) is 10.9 Å². The number of fused-ring (bicyclic) bond motifs is 1. The molecule has 0 unspecified atom stereocenters. The molecule has 0 bridgehead atoms. The van der Waals surface area contributed by atoms with Gasteiger partial charge in [0.2, 0.25) is 5.91 Å². The second-order valence-electron chi connectivity index (χ2n) is 5.23. The average molecular weight is 266 g/mol. The predicted molar refractivity (Wildman–Crippen MR) is 73.6 cm³/mol. The van der Waals surface area contributed by atoms with Gasteiger partial charge in [0.1, 0.15) is 11.4 Å². The third kappa shape index (κ3) is 2.36. The molecule has 2 aromatic rings. The van der Waals surface area contributed by atoms with Crippen molar-refractivity contribution in [3.05, 3.63) is 29.4 Å². The highest BCUT2D eigenvalue weighted by Crippen LogP contribution is 2.35. The Morgan fingerprint density at radius 2 is 1.94 bits per heavy atom. The highest BCUT2D eigenvalue weighted by Gasteiger charge is 2.17. The van der Waals surface area contributed by atoms with E-state index in [4.69, 9.17) is 16.3 Å². The van der Waals surface area contributed by atoms with Crippen LogP contribution < -0.4 is 4.74 Å². The molecule has 0 saturated heterocycles. The van der Waals surface area contributed by atoms with Crippen LogP contribution in [-0.4, -0.2) is 16.1 Å². The van der Waals surface area contributed by atoms with Crippen LogP contribution in [0.15, 0.2) is 24.4 Å². The Labute approximate surface area is 111 Å². The molecule has 0 aliphatic heterocycles. The minimum atomic E-state index is -0.305. The van der Waals surface area contributed by atoms with Crippen LogP contribution in [0.5, 0.6) is 5.75 Å². The molecule has 0 N–H and O–H groups in total. The molecule has 96 valence electrons. The van der Waals surface area contributed by atoms with E-state index in [9.17, 15) is 4.79 Å². The number of carbonyl (C=O) groups is 1. The summed E-state index contributed by atoms with van der Waals surface area (Å²) in [7, 11) is 0. The molecule has 0 amide bonds. The van der Waals surface area contributed by atoms with Crippen LogP contribution >= 0.6 is 11.6 Å². The van der Waals surface area contributed by atoms with E-state index in [1.807, 2.05) is 32.9 Å². The zero-order chi connectivity index (χ0) is 13.5. The molecule has 1 heterocycles. The third-order valence-corrected chi connectivity index (χ3v) is 2.92. The SMILES string of the molecule is CC(=O)n1ccc2c(Cl)c(OC(C)(C)C)ccc21. The summed E-state index contributed by atoms with van der Waals surface area (Å²) in [6.45, 7) is 7.42. The lowest BCUT2D eigenvalue weighted by molar-refractivity contribution is 0.0941. The van der Waals surface area contributed by atoms with Crippen LogP contribution in [0.4, 0.5) is 0 Å². The summed E-state index contributed by atoms with van der Waals surface area (Å²) in [6.07, 6.45) is 1.72. The van der Waals surface area contributed by atoms with Gasteiger partial charge in [-0.1, -0.05) is 11.6 Å². The Kier molecular flexibility index (Phi) is 3.11. The van der Waals surface area contributed by atoms with E-state index in [0.717, 1.165) is 10.9 Å². The molecule has 0 atom stereocenters. The summed E-state index contributed by atoms with van der Waals surface area (Å²) in [5.41, 5.74) is 0.495. The van der Waals surface area contributed by atoms with E-state index < -0.39 is 0 Å². The van der Waals surface area contributed by atoms with Gasteiger partial charge < -0.3 is 4.74 Å². The number of halogens is 1. The first-order valence-corrected chi connectivity index (χ1v) is 6.17. The van der Waals surface area contributed by atoms with Crippen LogP contribution in [-0.2, 0) is 0 Å². The number of carbonyl (C=O) groups excluding carboxylic acids is 1. The van der Waals surface area contributed by atoms with E-state index >= 15 is 0 Å². The van der Waals surface area contributed by atoms with Gasteiger partial charge in [0.05, 0.1) is 10.5 Å². The Morgan fingerprint density at radius 1 is 1.28 bits per heavy atom. The van der Waals surface area contributed by atoms with Crippen molar-refractivity contribution in [2.75, 3.05) is 0 Å². The fourth-order valence-electron chi connectivity index (χ4n) is 1.84. The van der Waals surface area contributed by atoms with Gasteiger partial charge >= 0.3 is 0 Å². The van der Waals surface area contributed by atoms with Crippen molar-refractivity contribution in [2.45, 2.75) is 33.3 Å². The summed E-state index contributed by atoms with van der Waals surface area (Å²) < 4.78 is 7.36. The molecule has 18 heavy (non-hydrogen) atoms. The minimum Gasteiger partial charge on any atom is -0.487 e. The Bertz CT molecular complexity index is 608. The summed E-state index contributed by atoms with van der Waals surface area (Å²) in [6, 6.07) is 5.48. The maximum atomic E-state index is 11.4. The highest BCUT2D eigenvalue weighted by atomic mass is 35.5. The lowest BCUT2D eigenvalue weighted by Gasteiger charge is -2.22. The number of rotatable bonds is 1. The summed E-state index contributed by atoms with van der Waals surface area (Å²) in [5.74, 6) is 0.600. The van der Waals surface area contributed by atoms with Crippen LogP contribution in [0.3, 0.4) is 0 Å². The van der Waals surface area contributed by atoms with Crippen molar-refractivity contribution in [3.8, 4) is 5.75 Å². The number of aromatic nitrogens is 1. The number of hydrogen-bond donors (Lipinski definition) is 0. The standard InChI is InChI=1S/C14H16ClNO2/c1-9(17)16-8-7-10-11(16)5-6-12(13(10)15)18-14(2,3)4/h5-8H,1-4H3. The molecule has 3 nitrogen and oxygen atoms in total. The smallest absolute Gasteiger partial charge is 0.227 e. The van der Waals surface area contributed by atoms with E-state index in [1.54, 1.807) is 16.8 Å². The molecule has 0 fully saturated rings. The molecule has 4 heteroatoms. The van der Waals surface area contributed by atoms with Gasteiger partial charge in [-0.25, -0.2) is 0 Å². The van der Waals surface area contributed by atoms with E-state index in [1.165, 1.54) is 6.92 Å². The zero-order valence-electron chi connectivity index (χ0n) is 11.0. The van der Waals surface area contributed by atoms with Gasteiger partial charge in [0, 0.05) is 18.5 Å². The molecule has 0 saturated carbocycles. The molecule has 0 radical (unpaired) electrons. The first-order chi connectivity index (χ1) is 8.29. The van der Waals surface area contributed by atoms with Gasteiger partial charge in [-0.15, -0.1) is 0 Å².